The van der Waals surface area contributed by atoms with Crippen molar-refractivity contribution in [1.29, 1.82) is 0 Å². The van der Waals surface area contributed by atoms with Gasteiger partial charge in [-0.3, -0.25) is 4.40 Å². The van der Waals surface area contributed by atoms with Crippen LogP contribution in [-0.2, 0) is 6.61 Å². The van der Waals surface area contributed by atoms with Crippen LogP contribution in [0.3, 0.4) is 0 Å². The summed E-state index contributed by atoms with van der Waals surface area (Å²) in [6.45, 7) is 0.307. The van der Waals surface area contributed by atoms with Crippen LogP contribution in [-0.4, -0.2) is 20.4 Å². The van der Waals surface area contributed by atoms with Crippen LogP contribution >= 0.6 is 27.3 Å². The van der Waals surface area contributed by atoms with E-state index in [1.807, 2.05) is 28.2 Å². The fourth-order valence-corrected chi connectivity index (χ4v) is 2.96. The number of aromatic nitrogens is 2. The Bertz CT molecular complexity index is 783. The summed E-state index contributed by atoms with van der Waals surface area (Å²) >= 11 is 4.91. The molecule has 0 amide bonds. The number of nitrogens with two attached hydrogens (primary N) is 1. The van der Waals surface area contributed by atoms with Crippen molar-refractivity contribution in [2.24, 2.45) is 10.9 Å². The Balaban J connectivity index is 1.82. The second kappa shape index (κ2) is 5.74. The molecule has 0 bridgehead atoms. The van der Waals surface area contributed by atoms with Gasteiger partial charge in [0.05, 0.1) is 11.3 Å². The molecule has 6 nitrogen and oxygen atoms in total. The van der Waals surface area contributed by atoms with Gasteiger partial charge in [-0.15, -0.1) is 11.3 Å². The van der Waals surface area contributed by atoms with Crippen molar-refractivity contribution in [2.45, 2.75) is 6.61 Å². The minimum absolute atomic E-state index is 0.00266. The Morgan fingerprint density at radius 1 is 1.52 bits per heavy atom. The molecule has 1 aromatic carbocycles. The summed E-state index contributed by atoms with van der Waals surface area (Å²) < 4.78 is 8.49. The lowest BCUT2D eigenvalue weighted by atomic mass is 10.2. The molecule has 21 heavy (non-hydrogen) atoms. The van der Waals surface area contributed by atoms with Crippen LogP contribution in [0.15, 0.2) is 45.6 Å². The summed E-state index contributed by atoms with van der Waals surface area (Å²) in [5.74, 6) is 0.530. The Hall–Kier alpha value is -2.06. The maximum absolute atomic E-state index is 8.83. The third kappa shape index (κ3) is 2.86. The summed E-state index contributed by atoms with van der Waals surface area (Å²) in [6.07, 6.45) is 3.85. The molecule has 2 aromatic heterocycles. The molecule has 0 saturated heterocycles. The fraction of sp³-hybridized carbons (Fsp3) is 0.0769. The van der Waals surface area contributed by atoms with Crippen LogP contribution in [0.25, 0.3) is 4.96 Å². The second-order valence-corrected chi connectivity index (χ2v) is 6.03. The number of nitrogens with zero attached hydrogens (tertiary/aromatic N) is 3. The molecule has 0 aliphatic rings. The van der Waals surface area contributed by atoms with E-state index in [-0.39, 0.29) is 5.84 Å². The predicted molar refractivity (Wildman–Crippen MR) is 84.1 cm³/mol. The SMILES string of the molecule is N/C(=N/O)c1cc(Br)ccc1OCc1cn2ccsc2n1. The Morgan fingerprint density at radius 3 is 3.14 bits per heavy atom. The molecular formula is C13H11BrN4O2S. The second-order valence-electron chi connectivity index (χ2n) is 4.24. The Labute approximate surface area is 132 Å². The number of thiazole rings is 1. The summed E-state index contributed by atoms with van der Waals surface area (Å²) in [5, 5.41) is 13.8. The number of imidazole rings is 1. The third-order valence-electron chi connectivity index (χ3n) is 2.84. The van der Waals surface area contributed by atoms with E-state index in [9.17, 15) is 0 Å². The van der Waals surface area contributed by atoms with E-state index in [2.05, 4.69) is 26.1 Å². The zero-order valence-corrected chi connectivity index (χ0v) is 13.1. The minimum Gasteiger partial charge on any atom is -0.486 e. The minimum atomic E-state index is -0.00266. The molecule has 0 aliphatic heterocycles. The highest BCUT2D eigenvalue weighted by Crippen LogP contribution is 2.24. The smallest absolute Gasteiger partial charge is 0.193 e. The topological polar surface area (TPSA) is 85.1 Å². The number of ether oxygens (including phenoxy) is 1. The highest BCUT2D eigenvalue weighted by Gasteiger charge is 2.11. The van der Waals surface area contributed by atoms with Crippen molar-refractivity contribution in [1.82, 2.24) is 9.38 Å². The lowest BCUT2D eigenvalue weighted by molar-refractivity contribution is 0.299. The van der Waals surface area contributed by atoms with Crippen molar-refractivity contribution in [3.63, 3.8) is 0 Å². The van der Waals surface area contributed by atoms with Crippen molar-refractivity contribution >= 4 is 38.1 Å². The highest BCUT2D eigenvalue weighted by molar-refractivity contribution is 9.10. The van der Waals surface area contributed by atoms with Gasteiger partial charge in [0.2, 0.25) is 0 Å². The number of amidine groups is 1. The first-order chi connectivity index (χ1) is 10.2. The van der Waals surface area contributed by atoms with Gasteiger partial charge < -0.3 is 15.7 Å². The molecular weight excluding hydrogens is 356 g/mol. The molecule has 0 fully saturated rings. The van der Waals surface area contributed by atoms with Gasteiger partial charge in [0.1, 0.15) is 12.4 Å². The number of hydrogen-bond acceptors (Lipinski definition) is 5. The van der Waals surface area contributed by atoms with E-state index < -0.39 is 0 Å². The zero-order valence-electron chi connectivity index (χ0n) is 10.7. The van der Waals surface area contributed by atoms with Crippen LogP contribution < -0.4 is 10.5 Å². The summed E-state index contributed by atoms with van der Waals surface area (Å²) in [4.78, 5) is 5.35. The molecule has 3 aromatic rings. The molecule has 0 radical (unpaired) electrons. The molecule has 2 heterocycles. The average Bonchev–Trinajstić information content (AvgIpc) is 3.06. The fourth-order valence-electron chi connectivity index (χ4n) is 1.88. The standard InChI is InChI=1S/C13H11BrN4O2S/c14-8-1-2-11(10(5-8)12(15)17-19)20-7-9-6-18-3-4-21-13(18)16-9/h1-6,19H,7H2,(H2,15,17). The van der Waals surface area contributed by atoms with Crippen LogP contribution in [0.1, 0.15) is 11.3 Å². The lowest BCUT2D eigenvalue weighted by Crippen LogP contribution is -2.15. The van der Waals surface area contributed by atoms with Gasteiger partial charge in [-0.25, -0.2) is 4.98 Å². The molecule has 108 valence electrons. The monoisotopic (exact) mass is 366 g/mol. The number of fused-ring (bicyclic) bond motifs is 1. The molecule has 0 unspecified atom stereocenters. The normalized spacial score (nSPS) is 12.0. The summed E-state index contributed by atoms with van der Waals surface area (Å²) in [7, 11) is 0. The summed E-state index contributed by atoms with van der Waals surface area (Å²) in [5.41, 5.74) is 7.00. The van der Waals surface area contributed by atoms with Crippen LogP contribution in [0, 0.1) is 0 Å². The molecule has 0 saturated carbocycles. The molecule has 0 atom stereocenters. The first-order valence-electron chi connectivity index (χ1n) is 5.98. The van der Waals surface area contributed by atoms with Crippen molar-refractivity contribution in [3.05, 3.63) is 51.7 Å². The number of oxime groups is 1. The number of benzene rings is 1. The largest absolute Gasteiger partial charge is 0.486 e. The predicted octanol–water partition coefficient (Wildman–Crippen LogP) is 2.83. The van der Waals surface area contributed by atoms with Crippen molar-refractivity contribution in [2.75, 3.05) is 0 Å². The van der Waals surface area contributed by atoms with E-state index in [0.717, 1.165) is 15.1 Å². The van der Waals surface area contributed by atoms with Crippen LogP contribution in [0.5, 0.6) is 5.75 Å². The molecule has 3 rings (SSSR count). The van der Waals surface area contributed by atoms with Gasteiger partial charge in [-0.2, -0.15) is 0 Å². The number of halogens is 1. The molecule has 3 N–H and O–H groups in total. The molecule has 0 spiro atoms. The zero-order chi connectivity index (χ0) is 14.8. The molecule has 0 aliphatic carbocycles. The van der Waals surface area contributed by atoms with Gasteiger partial charge in [-0.05, 0) is 18.2 Å². The first-order valence-corrected chi connectivity index (χ1v) is 7.66. The average molecular weight is 367 g/mol. The van der Waals surface area contributed by atoms with Gasteiger partial charge in [-0.1, -0.05) is 21.1 Å². The van der Waals surface area contributed by atoms with E-state index in [1.54, 1.807) is 23.5 Å². The maximum atomic E-state index is 8.83. The summed E-state index contributed by atoms with van der Waals surface area (Å²) in [6, 6.07) is 5.32. The van der Waals surface area contributed by atoms with Gasteiger partial charge in [0.25, 0.3) is 0 Å². The van der Waals surface area contributed by atoms with E-state index in [1.165, 1.54) is 0 Å². The van der Waals surface area contributed by atoms with Crippen molar-refractivity contribution < 1.29 is 9.94 Å². The van der Waals surface area contributed by atoms with Crippen LogP contribution in [0.2, 0.25) is 0 Å². The van der Waals surface area contributed by atoms with Crippen molar-refractivity contribution in [3.8, 4) is 5.75 Å². The van der Waals surface area contributed by atoms with E-state index >= 15 is 0 Å². The number of hydrogen-bond donors (Lipinski definition) is 2. The van der Waals surface area contributed by atoms with E-state index in [4.69, 9.17) is 15.7 Å². The number of rotatable bonds is 4. The highest BCUT2D eigenvalue weighted by atomic mass is 79.9. The quantitative estimate of drug-likeness (QED) is 0.321. The maximum Gasteiger partial charge on any atom is 0.193 e. The molecule has 8 heteroatoms. The Morgan fingerprint density at radius 2 is 2.38 bits per heavy atom. The van der Waals surface area contributed by atoms with Gasteiger partial charge >= 0.3 is 0 Å². The third-order valence-corrected chi connectivity index (χ3v) is 4.11. The Kier molecular flexibility index (Phi) is 3.80. The van der Waals surface area contributed by atoms with Gasteiger partial charge in [0.15, 0.2) is 10.8 Å². The van der Waals surface area contributed by atoms with Crippen LogP contribution in [0.4, 0.5) is 0 Å². The van der Waals surface area contributed by atoms with Gasteiger partial charge in [0, 0.05) is 22.2 Å². The first kappa shape index (κ1) is 13.9. The van der Waals surface area contributed by atoms with E-state index in [0.29, 0.717) is 17.9 Å². The lowest BCUT2D eigenvalue weighted by Gasteiger charge is -2.10.